The van der Waals surface area contributed by atoms with Gasteiger partial charge in [0.1, 0.15) is 29.8 Å². The van der Waals surface area contributed by atoms with Crippen molar-refractivity contribution < 1.29 is 35.5 Å². The van der Waals surface area contributed by atoms with Gasteiger partial charge in [-0.1, -0.05) is 35.5 Å². The molecule has 6 nitrogen and oxygen atoms in total. The van der Waals surface area contributed by atoms with Gasteiger partial charge in [-0.3, -0.25) is 9.78 Å². The van der Waals surface area contributed by atoms with Crippen molar-refractivity contribution in [3.63, 3.8) is 0 Å². The average Bonchev–Trinajstić information content (AvgIpc) is 3.32. The van der Waals surface area contributed by atoms with Crippen molar-refractivity contribution >= 4 is 11.6 Å². The molecular formula is C26H18F7N5O. The number of halogens is 7. The number of rotatable bonds is 4. The number of nitrogens with zero attached hydrogens (tertiary/aromatic N) is 5. The summed E-state index contributed by atoms with van der Waals surface area (Å²) < 4.78 is 94.7. The van der Waals surface area contributed by atoms with Crippen LogP contribution in [-0.4, -0.2) is 38.6 Å². The predicted molar refractivity (Wildman–Crippen MR) is 126 cm³/mol. The lowest BCUT2D eigenvalue weighted by Gasteiger charge is -2.26. The summed E-state index contributed by atoms with van der Waals surface area (Å²) in [5, 5.41) is 7.98. The van der Waals surface area contributed by atoms with Gasteiger partial charge >= 0.3 is 12.4 Å². The Bertz CT molecular complexity index is 1510. The van der Waals surface area contributed by atoms with Gasteiger partial charge in [-0.15, -0.1) is 5.10 Å². The zero-order chi connectivity index (χ0) is 27.9. The molecule has 0 aliphatic carbocycles. The van der Waals surface area contributed by atoms with E-state index in [1.807, 2.05) is 0 Å². The minimum absolute atomic E-state index is 0.00249. The third-order valence-electron chi connectivity index (χ3n) is 6.34. The maximum atomic E-state index is 14.5. The number of pyridine rings is 1. The summed E-state index contributed by atoms with van der Waals surface area (Å²) in [6.07, 6.45) is -6.86. The largest absolute Gasteiger partial charge is 0.433 e. The van der Waals surface area contributed by atoms with E-state index in [4.69, 9.17) is 0 Å². The molecule has 0 bridgehead atoms. The molecule has 0 saturated heterocycles. The van der Waals surface area contributed by atoms with E-state index in [0.29, 0.717) is 21.6 Å². The first-order valence-electron chi connectivity index (χ1n) is 11.6. The summed E-state index contributed by atoms with van der Waals surface area (Å²) in [6, 6.07) is 11.2. The van der Waals surface area contributed by atoms with Gasteiger partial charge in [0.05, 0.1) is 11.9 Å². The molecule has 1 amide bonds. The SMILES string of the molecule is O=C1[C@@H](n2cc(-c3ccc(-c4ccnc(C(F)(F)F)c4)cc3)nn2)CCc2c(F)cccc2N1CC(F)(F)F. The van der Waals surface area contributed by atoms with Crippen molar-refractivity contribution in [3.8, 4) is 22.4 Å². The Morgan fingerprint density at radius 2 is 1.64 bits per heavy atom. The van der Waals surface area contributed by atoms with E-state index in [0.717, 1.165) is 23.0 Å². The summed E-state index contributed by atoms with van der Waals surface area (Å²) in [7, 11) is 0. The third-order valence-corrected chi connectivity index (χ3v) is 6.34. The monoisotopic (exact) mass is 549 g/mol. The van der Waals surface area contributed by atoms with E-state index in [1.54, 1.807) is 24.3 Å². The highest BCUT2D eigenvalue weighted by atomic mass is 19.4. The molecule has 0 fully saturated rings. The molecule has 0 spiro atoms. The van der Waals surface area contributed by atoms with Crippen molar-refractivity contribution in [2.75, 3.05) is 11.4 Å². The Labute approximate surface area is 216 Å². The molecule has 39 heavy (non-hydrogen) atoms. The maximum absolute atomic E-state index is 14.5. The van der Waals surface area contributed by atoms with Gasteiger partial charge in [-0.25, -0.2) is 9.07 Å². The van der Waals surface area contributed by atoms with Gasteiger partial charge in [0.15, 0.2) is 0 Å². The number of benzene rings is 2. The summed E-state index contributed by atoms with van der Waals surface area (Å²) in [4.78, 5) is 17.1. The first kappa shape index (κ1) is 26.3. The van der Waals surface area contributed by atoms with Crippen LogP contribution >= 0.6 is 0 Å². The fourth-order valence-electron chi connectivity index (χ4n) is 4.50. The Morgan fingerprint density at radius 1 is 0.923 bits per heavy atom. The van der Waals surface area contributed by atoms with E-state index >= 15 is 0 Å². The molecular weight excluding hydrogens is 531 g/mol. The van der Waals surface area contributed by atoms with E-state index in [1.165, 1.54) is 24.4 Å². The van der Waals surface area contributed by atoms with E-state index in [2.05, 4.69) is 15.3 Å². The summed E-state index contributed by atoms with van der Waals surface area (Å²) in [6.45, 7) is -1.59. The third kappa shape index (κ3) is 5.47. The smallest absolute Gasteiger partial charge is 0.301 e. The fraction of sp³-hybridized carbons (Fsp3) is 0.231. The molecule has 0 saturated carbocycles. The van der Waals surface area contributed by atoms with Crippen LogP contribution in [-0.2, 0) is 17.4 Å². The van der Waals surface area contributed by atoms with Gasteiger partial charge in [-0.05, 0) is 48.2 Å². The van der Waals surface area contributed by atoms with Crippen LogP contribution < -0.4 is 4.90 Å². The van der Waals surface area contributed by atoms with Crippen LogP contribution in [0.15, 0.2) is 67.0 Å². The molecule has 0 unspecified atom stereocenters. The van der Waals surface area contributed by atoms with Gasteiger partial charge in [0.2, 0.25) is 0 Å². The molecule has 0 radical (unpaired) electrons. The number of hydrogen-bond donors (Lipinski definition) is 0. The summed E-state index contributed by atoms with van der Waals surface area (Å²) in [5.41, 5.74) is 0.433. The van der Waals surface area contributed by atoms with Crippen LogP contribution in [0.3, 0.4) is 0 Å². The topological polar surface area (TPSA) is 63.9 Å². The lowest BCUT2D eigenvalue weighted by Crippen LogP contribution is -2.42. The van der Waals surface area contributed by atoms with Gasteiger partial charge in [0.25, 0.3) is 5.91 Å². The highest BCUT2D eigenvalue weighted by molar-refractivity contribution is 5.97. The molecule has 3 heterocycles. The molecule has 1 atom stereocenters. The number of hydrogen-bond acceptors (Lipinski definition) is 4. The molecule has 13 heteroatoms. The average molecular weight is 549 g/mol. The summed E-state index contributed by atoms with van der Waals surface area (Å²) in [5.74, 6) is -1.61. The Morgan fingerprint density at radius 3 is 2.33 bits per heavy atom. The van der Waals surface area contributed by atoms with Crippen LogP contribution in [0.1, 0.15) is 23.7 Å². The van der Waals surface area contributed by atoms with E-state index in [-0.39, 0.29) is 29.8 Å². The highest BCUT2D eigenvalue weighted by Crippen LogP contribution is 2.36. The number of carbonyl (C=O) groups excluding carboxylic acids is 1. The standard InChI is InChI=1S/C26H18F7N5O/c27-19-2-1-3-21-18(19)8-9-22(24(39)37(21)14-25(28,29)30)38-13-20(35-36-38)16-6-4-15(5-7-16)17-10-11-34-23(12-17)26(31,32)33/h1-7,10-13,22H,8-9,14H2/t22-/m0/s1. The Balaban J connectivity index is 1.42. The van der Waals surface area contributed by atoms with Crippen LogP contribution in [0.2, 0.25) is 0 Å². The second kappa shape index (κ2) is 9.79. The zero-order valence-corrected chi connectivity index (χ0v) is 19.8. The van der Waals surface area contributed by atoms with Gasteiger partial charge in [0, 0.05) is 17.3 Å². The van der Waals surface area contributed by atoms with Crippen LogP contribution in [0.4, 0.5) is 36.4 Å². The second-order valence-electron chi connectivity index (χ2n) is 8.92. The van der Waals surface area contributed by atoms with Gasteiger partial charge < -0.3 is 4.90 Å². The molecule has 4 aromatic rings. The van der Waals surface area contributed by atoms with Gasteiger partial charge in [-0.2, -0.15) is 26.3 Å². The molecule has 0 N–H and O–H groups in total. The molecule has 2 aromatic carbocycles. The van der Waals surface area contributed by atoms with Crippen molar-refractivity contribution in [2.24, 2.45) is 0 Å². The number of anilines is 1. The van der Waals surface area contributed by atoms with E-state index in [9.17, 15) is 35.5 Å². The van der Waals surface area contributed by atoms with Crippen LogP contribution in [0, 0.1) is 5.82 Å². The minimum Gasteiger partial charge on any atom is -0.301 e. The lowest BCUT2D eigenvalue weighted by atomic mass is 10.0. The summed E-state index contributed by atoms with van der Waals surface area (Å²) >= 11 is 0. The molecule has 1 aliphatic rings. The van der Waals surface area contributed by atoms with Crippen molar-refractivity contribution in [3.05, 3.63) is 84.1 Å². The molecule has 5 rings (SSSR count). The minimum atomic E-state index is -4.72. The predicted octanol–water partition coefficient (Wildman–Crippen LogP) is 6.25. The first-order chi connectivity index (χ1) is 18.4. The molecule has 202 valence electrons. The number of fused-ring (bicyclic) bond motifs is 1. The maximum Gasteiger partial charge on any atom is 0.433 e. The fourth-order valence-corrected chi connectivity index (χ4v) is 4.50. The van der Waals surface area contributed by atoms with Crippen LogP contribution in [0.25, 0.3) is 22.4 Å². The van der Waals surface area contributed by atoms with Crippen molar-refractivity contribution in [2.45, 2.75) is 31.2 Å². The zero-order valence-electron chi connectivity index (χ0n) is 19.8. The van der Waals surface area contributed by atoms with Crippen molar-refractivity contribution in [1.82, 2.24) is 20.0 Å². The van der Waals surface area contributed by atoms with Crippen LogP contribution in [0.5, 0.6) is 0 Å². The van der Waals surface area contributed by atoms with Crippen molar-refractivity contribution in [1.29, 1.82) is 0 Å². The second-order valence-corrected chi connectivity index (χ2v) is 8.92. The Kier molecular flexibility index (Phi) is 6.60. The normalized spacial score (nSPS) is 16.2. The Hall–Kier alpha value is -4.29. The quantitative estimate of drug-likeness (QED) is 0.283. The number of carbonyl (C=O) groups is 1. The van der Waals surface area contributed by atoms with E-state index < -0.39 is 42.4 Å². The highest BCUT2D eigenvalue weighted by Gasteiger charge is 2.40. The number of amides is 1. The number of alkyl halides is 6. The number of aromatic nitrogens is 4. The first-order valence-corrected chi connectivity index (χ1v) is 11.6. The lowest BCUT2D eigenvalue weighted by molar-refractivity contribution is -0.141. The molecule has 1 aliphatic heterocycles. The molecule has 2 aromatic heterocycles.